The number of nitrogens with zero attached hydrogens (tertiary/aromatic N) is 1. The number of nitrogen functional groups attached to an aromatic ring is 1. The average Bonchev–Trinajstić information content (AvgIpc) is 2.76. The van der Waals surface area contributed by atoms with E-state index >= 15 is 0 Å². The number of carbonyl (C=O) groups excluding carboxylic acids is 1. The Hall–Kier alpha value is -1.57. The first-order valence-electron chi connectivity index (χ1n) is 5.55. The van der Waals surface area contributed by atoms with Crippen LogP contribution in [0, 0.1) is 0 Å². The van der Waals surface area contributed by atoms with Gasteiger partial charge in [-0.25, -0.2) is 4.79 Å². The fourth-order valence-electron chi connectivity index (χ4n) is 1.49. The number of likely N-dealkylation sites (tertiary alicyclic amines) is 1. The standard InChI is InChI=1S/C7H7NO2.C6H9NO.HI/c8-6-3-1-5(2-4-6)7(9)10;1-2-7-5-3-4-6(7)8;/h1-4H,8H2,(H,9,10);2H,1,3-5H2;1H. The summed E-state index contributed by atoms with van der Waals surface area (Å²) in [5.41, 5.74) is 6.17. The minimum Gasteiger partial charge on any atom is -0.478 e. The minimum atomic E-state index is -0.931. The Morgan fingerprint density at radius 3 is 2.26 bits per heavy atom. The van der Waals surface area contributed by atoms with Crippen LogP contribution in [0.1, 0.15) is 23.2 Å². The number of aromatic carboxylic acids is 1. The van der Waals surface area contributed by atoms with Crippen LogP contribution in [-0.2, 0) is 4.79 Å². The molecule has 2 rings (SSSR count). The molecule has 1 amide bonds. The monoisotopic (exact) mass is 376 g/mol. The smallest absolute Gasteiger partial charge is 0.335 e. The van der Waals surface area contributed by atoms with Crippen molar-refractivity contribution in [2.75, 3.05) is 12.3 Å². The third-order valence-corrected chi connectivity index (χ3v) is 2.49. The van der Waals surface area contributed by atoms with Gasteiger partial charge in [0, 0.05) is 18.7 Å². The summed E-state index contributed by atoms with van der Waals surface area (Å²) in [7, 11) is 0. The summed E-state index contributed by atoms with van der Waals surface area (Å²) >= 11 is 0. The van der Waals surface area contributed by atoms with Gasteiger partial charge in [-0.3, -0.25) is 4.79 Å². The van der Waals surface area contributed by atoms with E-state index in [9.17, 15) is 9.59 Å². The molecule has 1 aromatic rings. The van der Waals surface area contributed by atoms with Crippen LogP contribution < -0.4 is 5.73 Å². The molecule has 0 saturated carbocycles. The Labute approximate surface area is 129 Å². The Morgan fingerprint density at radius 2 is 1.95 bits per heavy atom. The second kappa shape index (κ2) is 8.52. The van der Waals surface area contributed by atoms with Crippen LogP contribution in [-0.4, -0.2) is 28.4 Å². The first-order valence-corrected chi connectivity index (χ1v) is 5.55. The van der Waals surface area contributed by atoms with E-state index in [2.05, 4.69) is 6.58 Å². The number of carboxylic acids is 1. The van der Waals surface area contributed by atoms with Crippen molar-refractivity contribution < 1.29 is 14.7 Å². The molecule has 5 nitrogen and oxygen atoms in total. The highest BCUT2D eigenvalue weighted by molar-refractivity contribution is 14.0. The number of amides is 1. The predicted octanol–water partition coefficient (Wildman–Crippen LogP) is 2.34. The molecule has 1 aliphatic heterocycles. The molecular formula is C13H17IN2O3. The van der Waals surface area contributed by atoms with Gasteiger partial charge in [0.15, 0.2) is 0 Å². The first-order chi connectivity index (χ1) is 8.54. The summed E-state index contributed by atoms with van der Waals surface area (Å²) < 4.78 is 0. The molecule has 0 unspecified atom stereocenters. The quantitative estimate of drug-likeness (QED) is 0.613. The van der Waals surface area contributed by atoms with Crippen LogP contribution in [0.2, 0.25) is 0 Å². The van der Waals surface area contributed by atoms with Gasteiger partial charge in [-0.05, 0) is 36.9 Å². The maximum Gasteiger partial charge on any atom is 0.335 e. The van der Waals surface area contributed by atoms with E-state index in [1.54, 1.807) is 23.2 Å². The number of rotatable bonds is 2. The topological polar surface area (TPSA) is 83.6 Å². The van der Waals surface area contributed by atoms with Gasteiger partial charge in [0.1, 0.15) is 0 Å². The largest absolute Gasteiger partial charge is 0.478 e. The number of hydrogen-bond donors (Lipinski definition) is 2. The molecule has 1 saturated heterocycles. The van der Waals surface area contributed by atoms with Crippen molar-refractivity contribution in [1.29, 1.82) is 0 Å². The summed E-state index contributed by atoms with van der Waals surface area (Å²) in [4.78, 5) is 22.6. The van der Waals surface area contributed by atoms with Crippen molar-refractivity contribution in [2.45, 2.75) is 12.8 Å². The number of anilines is 1. The molecule has 0 atom stereocenters. The summed E-state index contributed by atoms with van der Waals surface area (Å²) in [5, 5.41) is 8.43. The van der Waals surface area contributed by atoms with Gasteiger partial charge in [0.25, 0.3) is 0 Å². The van der Waals surface area contributed by atoms with Crippen molar-refractivity contribution in [3.63, 3.8) is 0 Å². The van der Waals surface area contributed by atoms with Crippen LogP contribution in [0.4, 0.5) is 5.69 Å². The lowest BCUT2D eigenvalue weighted by molar-refractivity contribution is -0.125. The first kappa shape index (κ1) is 17.4. The molecule has 0 aromatic heterocycles. The third kappa shape index (κ3) is 5.73. The molecule has 1 aromatic carbocycles. The maximum absolute atomic E-state index is 10.7. The van der Waals surface area contributed by atoms with Gasteiger partial charge < -0.3 is 15.7 Å². The molecular weight excluding hydrogens is 359 g/mol. The fraction of sp³-hybridized carbons (Fsp3) is 0.231. The molecule has 6 heteroatoms. The van der Waals surface area contributed by atoms with Gasteiger partial charge in [0.2, 0.25) is 5.91 Å². The van der Waals surface area contributed by atoms with E-state index in [-0.39, 0.29) is 35.4 Å². The van der Waals surface area contributed by atoms with E-state index in [1.807, 2.05) is 0 Å². The molecule has 0 spiro atoms. The van der Waals surface area contributed by atoms with Crippen molar-refractivity contribution >= 4 is 41.5 Å². The zero-order chi connectivity index (χ0) is 13.5. The number of benzene rings is 1. The summed E-state index contributed by atoms with van der Waals surface area (Å²) in [6, 6.07) is 6.06. The normalized spacial score (nSPS) is 13.1. The molecule has 0 radical (unpaired) electrons. The Balaban J connectivity index is 0.000000331. The van der Waals surface area contributed by atoms with E-state index in [4.69, 9.17) is 10.8 Å². The minimum absolute atomic E-state index is 0. The second-order valence-corrected chi connectivity index (χ2v) is 3.80. The van der Waals surface area contributed by atoms with Crippen LogP contribution in [0.25, 0.3) is 0 Å². The van der Waals surface area contributed by atoms with Crippen molar-refractivity contribution in [2.24, 2.45) is 0 Å². The summed E-state index contributed by atoms with van der Waals surface area (Å²) in [5.74, 6) is -0.722. The van der Waals surface area contributed by atoms with Crippen LogP contribution in [0.15, 0.2) is 37.0 Å². The highest BCUT2D eigenvalue weighted by atomic mass is 127. The number of halogens is 1. The molecule has 1 aliphatic rings. The number of carbonyl (C=O) groups is 2. The third-order valence-electron chi connectivity index (χ3n) is 2.49. The lowest BCUT2D eigenvalue weighted by atomic mass is 10.2. The predicted molar refractivity (Wildman–Crippen MR) is 84.4 cm³/mol. The lowest BCUT2D eigenvalue weighted by Crippen LogP contribution is -2.16. The maximum atomic E-state index is 10.7. The highest BCUT2D eigenvalue weighted by Crippen LogP contribution is 2.08. The van der Waals surface area contributed by atoms with Crippen LogP contribution >= 0.6 is 24.0 Å². The molecule has 1 fully saturated rings. The SMILES string of the molecule is C=CN1CCCC1=O.I.Nc1ccc(C(=O)O)cc1. The van der Waals surface area contributed by atoms with Gasteiger partial charge in [0.05, 0.1) is 5.56 Å². The fourth-order valence-corrected chi connectivity index (χ4v) is 1.49. The van der Waals surface area contributed by atoms with E-state index in [1.165, 1.54) is 12.1 Å². The Kier molecular flexibility index (Phi) is 7.81. The molecule has 0 aliphatic carbocycles. The number of hydrogen-bond acceptors (Lipinski definition) is 3. The molecule has 3 N–H and O–H groups in total. The van der Waals surface area contributed by atoms with Gasteiger partial charge in [-0.1, -0.05) is 6.58 Å². The zero-order valence-corrected chi connectivity index (χ0v) is 12.7. The van der Waals surface area contributed by atoms with Crippen LogP contribution in [0.3, 0.4) is 0 Å². The number of nitrogens with two attached hydrogens (primary N) is 1. The van der Waals surface area contributed by atoms with Gasteiger partial charge in [-0.15, -0.1) is 24.0 Å². The summed E-state index contributed by atoms with van der Waals surface area (Å²) in [6.45, 7) is 4.36. The van der Waals surface area contributed by atoms with Gasteiger partial charge in [-0.2, -0.15) is 0 Å². The molecule has 104 valence electrons. The van der Waals surface area contributed by atoms with Crippen LogP contribution in [0.5, 0.6) is 0 Å². The Morgan fingerprint density at radius 1 is 1.37 bits per heavy atom. The lowest BCUT2D eigenvalue weighted by Gasteiger charge is -2.05. The van der Waals surface area contributed by atoms with Crippen molar-refractivity contribution in [3.05, 3.63) is 42.6 Å². The summed E-state index contributed by atoms with van der Waals surface area (Å²) in [6.07, 6.45) is 3.28. The zero-order valence-electron chi connectivity index (χ0n) is 10.4. The molecule has 19 heavy (non-hydrogen) atoms. The highest BCUT2D eigenvalue weighted by Gasteiger charge is 2.15. The Bertz CT molecular complexity index is 446. The van der Waals surface area contributed by atoms with E-state index < -0.39 is 5.97 Å². The van der Waals surface area contributed by atoms with Gasteiger partial charge >= 0.3 is 5.97 Å². The van der Waals surface area contributed by atoms with Crippen molar-refractivity contribution in [3.8, 4) is 0 Å². The van der Waals surface area contributed by atoms with Crippen molar-refractivity contribution in [1.82, 2.24) is 4.90 Å². The molecule has 0 bridgehead atoms. The number of carboxylic acid groups (broad SMARTS) is 1. The van der Waals surface area contributed by atoms with E-state index in [0.29, 0.717) is 12.1 Å². The second-order valence-electron chi connectivity index (χ2n) is 3.80. The molecule has 1 heterocycles. The average molecular weight is 376 g/mol. The van der Waals surface area contributed by atoms with E-state index in [0.717, 1.165) is 13.0 Å².